The summed E-state index contributed by atoms with van der Waals surface area (Å²) in [7, 11) is 2.05. The van der Waals surface area contributed by atoms with Crippen LogP contribution in [-0.2, 0) is 9.59 Å². The highest BCUT2D eigenvalue weighted by Gasteiger charge is 2.26. The van der Waals surface area contributed by atoms with Gasteiger partial charge < -0.3 is 15.3 Å². The Kier molecular flexibility index (Phi) is 5.57. The molecule has 1 fully saturated rings. The predicted octanol–water partition coefficient (Wildman–Crippen LogP) is 0.968. The largest absolute Gasteiger partial charge is 0.481 e. The van der Waals surface area contributed by atoms with Gasteiger partial charge in [-0.05, 0) is 19.2 Å². The number of benzene rings is 1. The lowest BCUT2D eigenvalue weighted by Crippen LogP contribution is -2.47. The Hall–Kier alpha value is -2.10. The van der Waals surface area contributed by atoms with Crippen molar-refractivity contribution in [2.24, 2.45) is 5.92 Å². The molecular weight excluding hydrogens is 342 g/mol. The minimum absolute atomic E-state index is 0.0599. The van der Waals surface area contributed by atoms with Crippen molar-refractivity contribution in [1.29, 1.82) is 0 Å². The van der Waals surface area contributed by atoms with Crippen LogP contribution >= 0.6 is 11.7 Å². The number of hydrogen-bond donors (Lipinski definition) is 2. The van der Waals surface area contributed by atoms with Crippen molar-refractivity contribution in [3.05, 3.63) is 18.2 Å². The number of rotatable bonds is 6. The number of aliphatic carboxylic acids is 1. The molecular formula is C16H21N5O3S. The maximum Gasteiger partial charge on any atom is 0.308 e. The van der Waals surface area contributed by atoms with Gasteiger partial charge in [0.1, 0.15) is 11.0 Å². The molecule has 0 radical (unpaired) electrons. The van der Waals surface area contributed by atoms with Gasteiger partial charge in [-0.15, -0.1) is 0 Å². The normalized spacial score (nSPS) is 17.5. The topological polar surface area (TPSA) is 98.7 Å². The summed E-state index contributed by atoms with van der Waals surface area (Å²) in [5.74, 6) is -1.99. The van der Waals surface area contributed by atoms with Crippen LogP contribution in [0.4, 0.5) is 5.69 Å². The third-order valence-corrected chi connectivity index (χ3v) is 4.96. The van der Waals surface area contributed by atoms with Gasteiger partial charge in [-0.3, -0.25) is 14.5 Å². The number of carbonyl (C=O) groups excluding carboxylic acids is 1. The molecule has 0 aliphatic carbocycles. The molecule has 9 heteroatoms. The van der Waals surface area contributed by atoms with Crippen LogP contribution in [0.1, 0.15) is 6.42 Å². The summed E-state index contributed by atoms with van der Waals surface area (Å²) < 4.78 is 8.31. The van der Waals surface area contributed by atoms with Crippen LogP contribution in [0.3, 0.4) is 0 Å². The Bertz CT molecular complexity index is 757. The number of hydrogen-bond acceptors (Lipinski definition) is 7. The van der Waals surface area contributed by atoms with Gasteiger partial charge in [-0.25, -0.2) is 0 Å². The number of carboxylic acids is 1. The van der Waals surface area contributed by atoms with E-state index in [9.17, 15) is 14.7 Å². The first-order valence-electron chi connectivity index (χ1n) is 8.18. The average molecular weight is 363 g/mol. The van der Waals surface area contributed by atoms with Crippen LogP contribution in [0, 0.1) is 5.92 Å². The van der Waals surface area contributed by atoms with E-state index < -0.39 is 11.9 Å². The van der Waals surface area contributed by atoms with Gasteiger partial charge in [-0.2, -0.15) is 8.75 Å². The van der Waals surface area contributed by atoms with Gasteiger partial charge in [0, 0.05) is 39.1 Å². The first-order chi connectivity index (χ1) is 12.0. The molecule has 3 rings (SSSR count). The van der Waals surface area contributed by atoms with E-state index in [1.807, 2.05) is 13.1 Å². The number of carbonyl (C=O) groups is 2. The molecule has 1 aliphatic heterocycles. The van der Waals surface area contributed by atoms with Gasteiger partial charge in [0.05, 0.1) is 23.3 Å². The SMILES string of the molecule is CN1CCN(C[C@@H](CC(=O)Nc2cccc3nsnc23)C(=O)O)CC1. The van der Waals surface area contributed by atoms with Gasteiger partial charge in [0.2, 0.25) is 5.91 Å². The number of piperazine rings is 1. The maximum atomic E-state index is 12.3. The zero-order chi connectivity index (χ0) is 17.8. The summed E-state index contributed by atoms with van der Waals surface area (Å²) in [4.78, 5) is 28.2. The second-order valence-electron chi connectivity index (χ2n) is 6.33. The quantitative estimate of drug-likeness (QED) is 0.789. The molecule has 1 saturated heterocycles. The van der Waals surface area contributed by atoms with Crippen LogP contribution in [0.25, 0.3) is 11.0 Å². The molecule has 1 aromatic heterocycles. The molecule has 2 aromatic rings. The average Bonchev–Trinajstić information content (AvgIpc) is 3.06. The zero-order valence-electron chi connectivity index (χ0n) is 14.0. The lowest BCUT2D eigenvalue weighted by atomic mass is 10.0. The van der Waals surface area contributed by atoms with E-state index >= 15 is 0 Å². The van der Waals surface area contributed by atoms with Crippen molar-refractivity contribution < 1.29 is 14.7 Å². The van der Waals surface area contributed by atoms with Crippen LogP contribution < -0.4 is 5.32 Å². The zero-order valence-corrected chi connectivity index (χ0v) is 14.8. The second-order valence-corrected chi connectivity index (χ2v) is 6.86. The molecule has 1 aromatic carbocycles. The highest BCUT2D eigenvalue weighted by molar-refractivity contribution is 7.00. The van der Waals surface area contributed by atoms with Crippen molar-refractivity contribution >= 4 is 40.3 Å². The highest BCUT2D eigenvalue weighted by Crippen LogP contribution is 2.22. The van der Waals surface area contributed by atoms with E-state index in [0.29, 0.717) is 17.7 Å². The summed E-state index contributed by atoms with van der Waals surface area (Å²) in [5, 5.41) is 12.2. The molecule has 2 heterocycles. The Morgan fingerprint density at radius 3 is 2.76 bits per heavy atom. The number of nitrogens with one attached hydrogen (secondary N) is 1. The standard InChI is InChI=1S/C16H21N5O3S/c1-20-5-7-21(8-6-20)10-11(16(23)24)9-14(22)17-12-3-2-4-13-15(12)19-25-18-13/h2-4,11H,5-10H2,1H3,(H,17,22)(H,23,24)/t11-/m1/s1. The van der Waals surface area contributed by atoms with Crippen molar-refractivity contribution in [1.82, 2.24) is 18.5 Å². The highest BCUT2D eigenvalue weighted by atomic mass is 32.1. The van der Waals surface area contributed by atoms with E-state index in [0.717, 1.165) is 43.4 Å². The van der Waals surface area contributed by atoms with E-state index in [4.69, 9.17) is 0 Å². The lowest BCUT2D eigenvalue weighted by molar-refractivity contribution is -0.144. The molecule has 134 valence electrons. The Balaban J connectivity index is 1.61. The summed E-state index contributed by atoms with van der Waals surface area (Å²) >= 11 is 1.08. The number of anilines is 1. The molecule has 2 N–H and O–H groups in total. The number of likely N-dealkylation sites (N-methyl/N-ethyl adjacent to an activating group) is 1. The number of nitrogens with zero attached hydrogens (tertiary/aromatic N) is 4. The monoisotopic (exact) mass is 363 g/mol. The van der Waals surface area contributed by atoms with E-state index in [1.165, 1.54) is 0 Å². The molecule has 0 saturated carbocycles. The summed E-state index contributed by atoms with van der Waals surface area (Å²) in [6, 6.07) is 5.36. The van der Waals surface area contributed by atoms with Crippen LogP contribution in [0.5, 0.6) is 0 Å². The minimum Gasteiger partial charge on any atom is -0.481 e. The molecule has 25 heavy (non-hydrogen) atoms. The van der Waals surface area contributed by atoms with Crippen LogP contribution in [0.15, 0.2) is 18.2 Å². The molecule has 0 unspecified atom stereocenters. The van der Waals surface area contributed by atoms with Crippen LogP contribution in [0.2, 0.25) is 0 Å². The van der Waals surface area contributed by atoms with Crippen molar-refractivity contribution in [2.45, 2.75) is 6.42 Å². The smallest absolute Gasteiger partial charge is 0.308 e. The fourth-order valence-corrected chi connectivity index (χ4v) is 3.45. The van der Waals surface area contributed by atoms with Gasteiger partial charge >= 0.3 is 5.97 Å². The fraction of sp³-hybridized carbons (Fsp3) is 0.500. The van der Waals surface area contributed by atoms with Gasteiger partial charge in [-0.1, -0.05) is 6.07 Å². The Morgan fingerprint density at radius 2 is 2.04 bits per heavy atom. The minimum atomic E-state index is -0.942. The number of fused-ring (bicyclic) bond motifs is 1. The number of aromatic nitrogens is 2. The first-order valence-corrected chi connectivity index (χ1v) is 8.91. The van der Waals surface area contributed by atoms with E-state index in [1.54, 1.807) is 12.1 Å². The van der Waals surface area contributed by atoms with Crippen molar-refractivity contribution in [3.8, 4) is 0 Å². The molecule has 8 nitrogen and oxygen atoms in total. The van der Waals surface area contributed by atoms with Crippen molar-refractivity contribution in [2.75, 3.05) is 45.1 Å². The van der Waals surface area contributed by atoms with Crippen molar-refractivity contribution in [3.63, 3.8) is 0 Å². The number of amides is 1. The first kappa shape index (κ1) is 17.7. The predicted molar refractivity (Wildman–Crippen MR) is 95.7 cm³/mol. The van der Waals surface area contributed by atoms with E-state index in [2.05, 4.69) is 23.9 Å². The Labute approximate surface area is 149 Å². The van der Waals surface area contributed by atoms with Gasteiger partial charge in [0.15, 0.2) is 0 Å². The summed E-state index contributed by atoms with van der Waals surface area (Å²) in [6.07, 6.45) is -0.0599. The fourth-order valence-electron chi connectivity index (χ4n) is 2.90. The molecule has 0 spiro atoms. The second kappa shape index (κ2) is 7.85. The Morgan fingerprint density at radius 1 is 1.28 bits per heavy atom. The number of carboxylic acid groups (broad SMARTS) is 1. The summed E-state index contributed by atoms with van der Waals surface area (Å²) in [6.45, 7) is 3.87. The molecule has 0 bridgehead atoms. The molecule has 1 atom stereocenters. The van der Waals surface area contributed by atoms with Gasteiger partial charge in [0.25, 0.3) is 0 Å². The summed E-state index contributed by atoms with van der Waals surface area (Å²) in [5.41, 5.74) is 1.92. The molecule has 1 amide bonds. The third kappa shape index (κ3) is 4.50. The lowest BCUT2D eigenvalue weighted by Gasteiger charge is -2.33. The maximum absolute atomic E-state index is 12.3. The third-order valence-electron chi connectivity index (χ3n) is 4.42. The van der Waals surface area contributed by atoms with Crippen LogP contribution in [-0.4, -0.2) is 75.3 Å². The van der Waals surface area contributed by atoms with E-state index in [-0.39, 0.29) is 12.3 Å². The molecule has 1 aliphatic rings.